The quantitative estimate of drug-likeness (QED) is 0.883. The molecule has 2 aliphatic rings. The van der Waals surface area contributed by atoms with Crippen LogP contribution in [0, 0.1) is 0 Å². The summed E-state index contributed by atoms with van der Waals surface area (Å²) in [6.07, 6.45) is 6.84. The lowest BCUT2D eigenvalue weighted by Crippen LogP contribution is -2.58. The molecule has 2 heterocycles. The van der Waals surface area contributed by atoms with E-state index in [-0.39, 0.29) is 23.8 Å². The summed E-state index contributed by atoms with van der Waals surface area (Å²) in [6.45, 7) is 1.67. The maximum atomic E-state index is 12.8. The maximum absolute atomic E-state index is 12.8. The summed E-state index contributed by atoms with van der Waals surface area (Å²) in [5.74, 6) is -1.34. The molecule has 0 spiro atoms. The number of carbonyl (C=O) groups is 3. The molecule has 0 radical (unpaired) electrons. The van der Waals surface area contributed by atoms with Crippen molar-refractivity contribution in [3.63, 3.8) is 0 Å². The van der Waals surface area contributed by atoms with Crippen molar-refractivity contribution in [1.82, 2.24) is 4.90 Å². The van der Waals surface area contributed by atoms with Crippen LogP contribution in [-0.4, -0.2) is 39.2 Å². The number of nitrogens with zero attached hydrogens (tertiary/aromatic N) is 2. The predicted molar refractivity (Wildman–Crippen MR) is 87.6 cm³/mol. The van der Waals surface area contributed by atoms with Crippen molar-refractivity contribution in [2.24, 2.45) is 4.99 Å². The zero-order valence-corrected chi connectivity index (χ0v) is 12.9. The molecule has 1 aromatic carbocycles. The van der Waals surface area contributed by atoms with Gasteiger partial charge in [-0.25, -0.2) is 4.79 Å². The first kappa shape index (κ1) is 15.7. The van der Waals surface area contributed by atoms with E-state index in [4.69, 9.17) is 5.11 Å². The van der Waals surface area contributed by atoms with E-state index in [1.165, 1.54) is 24.3 Å². The van der Waals surface area contributed by atoms with Gasteiger partial charge in [0.05, 0.1) is 12.0 Å². The zero-order valence-electron chi connectivity index (χ0n) is 12.9. The number of aromatic carboxylic acids is 1. The highest BCUT2D eigenvalue weighted by Gasteiger charge is 2.45. The van der Waals surface area contributed by atoms with Gasteiger partial charge in [-0.2, -0.15) is 4.99 Å². The van der Waals surface area contributed by atoms with Crippen LogP contribution in [0.2, 0.25) is 0 Å². The van der Waals surface area contributed by atoms with Gasteiger partial charge in [-0.15, -0.1) is 0 Å². The first-order valence-corrected chi connectivity index (χ1v) is 7.31. The number of carboxylic acids is 1. The summed E-state index contributed by atoms with van der Waals surface area (Å²) in [7, 11) is 0. The fourth-order valence-corrected chi connectivity index (χ4v) is 2.64. The van der Waals surface area contributed by atoms with Gasteiger partial charge < -0.3 is 15.3 Å². The van der Waals surface area contributed by atoms with Crippen molar-refractivity contribution in [2.45, 2.75) is 18.9 Å². The van der Waals surface area contributed by atoms with Gasteiger partial charge in [-0.05, 0) is 43.3 Å². The Morgan fingerprint density at radius 3 is 2.62 bits per heavy atom. The highest BCUT2D eigenvalue weighted by atomic mass is 16.4. The maximum Gasteiger partial charge on any atom is 0.335 e. The Morgan fingerprint density at radius 2 is 1.96 bits per heavy atom. The van der Waals surface area contributed by atoms with Crippen molar-refractivity contribution >= 4 is 29.3 Å². The topological polar surface area (TPSA) is 99.1 Å². The van der Waals surface area contributed by atoms with Crippen LogP contribution in [0.1, 0.15) is 23.7 Å². The first-order valence-electron chi connectivity index (χ1n) is 7.31. The molecule has 3 rings (SSSR count). The minimum absolute atomic E-state index is 0.0479. The third-order valence-corrected chi connectivity index (χ3v) is 3.98. The molecule has 0 fully saturated rings. The zero-order chi connectivity index (χ0) is 17.3. The number of nitrogens with one attached hydrogen (secondary N) is 1. The minimum Gasteiger partial charge on any atom is -0.478 e. The van der Waals surface area contributed by atoms with E-state index >= 15 is 0 Å². The van der Waals surface area contributed by atoms with Crippen molar-refractivity contribution in [3.8, 4) is 0 Å². The number of rotatable bonds is 3. The summed E-state index contributed by atoms with van der Waals surface area (Å²) < 4.78 is 0. The monoisotopic (exact) mass is 325 g/mol. The van der Waals surface area contributed by atoms with Crippen LogP contribution in [0.25, 0.3) is 0 Å². The molecule has 2 amide bonds. The number of benzene rings is 1. The Hall–Kier alpha value is -3.22. The number of fused-ring (bicyclic) bond motifs is 1. The lowest BCUT2D eigenvalue weighted by molar-refractivity contribution is -0.130. The molecule has 0 saturated carbocycles. The molecule has 122 valence electrons. The molecule has 2 aliphatic heterocycles. The third-order valence-electron chi connectivity index (χ3n) is 3.98. The lowest BCUT2D eigenvalue weighted by Gasteiger charge is -2.41. The number of carboxylic acid groups (broad SMARTS) is 1. The fourth-order valence-electron chi connectivity index (χ4n) is 2.64. The van der Waals surface area contributed by atoms with Gasteiger partial charge in [0, 0.05) is 11.9 Å². The van der Waals surface area contributed by atoms with E-state index in [0.717, 1.165) is 0 Å². The summed E-state index contributed by atoms with van der Waals surface area (Å²) in [5.41, 5.74) is -0.522. The van der Waals surface area contributed by atoms with Crippen LogP contribution in [0.5, 0.6) is 0 Å². The second-order valence-corrected chi connectivity index (χ2v) is 5.72. The standard InChI is InChI=1S/C17H15N3O4/c1-17(10-14(21)19-13-4-2-3-9-20(13)17)16(24)18-12-7-5-11(6-8-12)15(22)23/h2-9H,10H2,1H3,(H,18,24)(H,22,23). The van der Waals surface area contributed by atoms with E-state index < -0.39 is 11.5 Å². The molecular formula is C17H15N3O4. The summed E-state index contributed by atoms with van der Waals surface area (Å²) in [4.78, 5) is 41.1. The second kappa shape index (κ2) is 5.77. The Morgan fingerprint density at radius 1 is 1.25 bits per heavy atom. The molecule has 0 saturated heterocycles. The summed E-state index contributed by atoms with van der Waals surface area (Å²) in [6, 6.07) is 5.83. The van der Waals surface area contributed by atoms with Crippen molar-refractivity contribution in [1.29, 1.82) is 0 Å². The Balaban J connectivity index is 1.84. The van der Waals surface area contributed by atoms with Crippen molar-refractivity contribution < 1.29 is 19.5 Å². The number of aliphatic imine (C=N–C) groups is 1. The molecule has 1 unspecified atom stereocenters. The van der Waals surface area contributed by atoms with Crippen LogP contribution in [0.15, 0.2) is 53.7 Å². The summed E-state index contributed by atoms with van der Waals surface area (Å²) >= 11 is 0. The van der Waals surface area contributed by atoms with Gasteiger partial charge in [-0.1, -0.05) is 6.08 Å². The number of amides is 2. The Kier molecular flexibility index (Phi) is 3.76. The molecule has 7 nitrogen and oxygen atoms in total. The Labute approximate surface area is 138 Å². The van der Waals surface area contributed by atoms with E-state index in [1.54, 1.807) is 36.3 Å². The predicted octanol–water partition coefficient (Wildman–Crippen LogP) is 1.80. The van der Waals surface area contributed by atoms with Crippen molar-refractivity contribution in [2.75, 3.05) is 5.32 Å². The van der Waals surface area contributed by atoms with Gasteiger partial charge in [0.1, 0.15) is 11.4 Å². The number of anilines is 1. The largest absolute Gasteiger partial charge is 0.478 e. The van der Waals surface area contributed by atoms with Gasteiger partial charge in [0.15, 0.2) is 0 Å². The summed E-state index contributed by atoms with van der Waals surface area (Å²) in [5, 5.41) is 11.6. The molecule has 24 heavy (non-hydrogen) atoms. The fraction of sp³-hybridized carbons (Fsp3) is 0.176. The third kappa shape index (κ3) is 2.71. The average molecular weight is 325 g/mol. The molecular weight excluding hydrogens is 310 g/mol. The van der Waals surface area contributed by atoms with E-state index in [2.05, 4.69) is 10.3 Å². The lowest BCUT2D eigenvalue weighted by atomic mass is 9.91. The molecule has 1 atom stereocenters. The first-order chi connectivity index (χ1) is 11.4. The number of hydrogen-bond donors (Lipinski definition) is 2. The molecule has 0 bridgehead atoms. The minimum atomic E-state index is -1.11. The SMILES string of the molecule is CC1(C(=O)Nc2ccc(C(=O)O)cc2)CC(=O)N=C2C=CC=CN21. The second-order valence-electron chi connectivity index (χ2n) is 5.72. The van der Waals surface area contributed by atoms with E-state index in [1.807, 2.05) is 0 Å². The van der Waals surface area contributed by atoms with Crippen LogP contribution >= 0.6 is 0 Å². The van der Waals surface area contributed by atoms with Crippen LogP contribution in [0.4, 0.5) is 5.69 Å². The van der Waals surface area contributed by atoms with Gasteiger partial charge in [0.25, 0.3) is 11.8 Å². The molecule has 0 aromatic heterocycles. The highest BCUT2D eigenvalue weighted by Crippen LogP contribution is 2.29. The van der Waals surface area contributed by atoms with Crippen LogP contribution in [0.3, 0.4) is 0 Å². The highest BCUT2D eigenvalue weighted by molar-refractivity contribution is 6.12. The number of allylic oxidation sites excluding steroid dienone is 2. The van der Waals surface area contributed by atoms with Crippen molar-refractivity contribution in [3.05, 3.63) is 54.3 Å². The molecule has 0 aliphatic carbocycles. The Bertz CT molecular complexity index is 808. The average Bonchev–Trinajstić information content (AvgIpc) is 2.55. The molecule has 2 N–H and O–H groups in total. The molecule has 1 aromatic rings. The van der Waals surface area contributed by atoms with Crippen LogP contribution < -0.4 is 5.32 Å². The van der Waals surface area contributed by atoms with E-state index in [0.29, 0.717) is 11.5 Å². The van der Waals surface area contributed by atoms with Gasteiger partial charge in [-0.3, -0.25) is 9.59 Å². The van der Waals surface area contributed by atoms with E-state index in [9.17, 15) is 14.4 Å². The van der Waals surface area contributed by atoms with Crippen LogP contribution in [-0.2, 0) is 9.59 Å². The number of amidine groups is 1. The number of carbonyl (C=O) groups excluding carboxylic acids is 2. The number of hydrogen-bond acceptors (Lipinski definition) is 4. The van der Waals surface area contributed by atoms with Gasteiger partial charge >= 0.3 is 5.97 Å². The smallest absolute Gasteiger partial charge is 0.335 e. The molecule has 7 heteroatoms. The van der Waals surface area contributed by atoms with Gasteiger partial charge in [0.2, 0.25) is 0 Å². The normalized spacial score (nSPS) is 22.0.